The van der Waals surface area contributed by atoms with Crippen molar-refractivity contribution in [3.05, 3.63) is 41.3 Å². The minimum Gasteiger partial charge on any atom is -0.497 e. The van der Waals surface area contributed by atoms with Crippen LogP contribution < -0.4 is 9.64 Å². The van der Waals surface area contributed by atoms with Gasteiger partial charge in [-0.2, -0.15) is 0 Å². The third kappa shape index (κ3) is 4.20. The fraction of sp³-hybridized carbons (Fsp3) is 0.524. The fourth-order valence-corrected chi connectivity index (χ4v) is 4.05. The van der Waals surface area contributed by atoms with Crippen LogP contribution in [0.25, 0.3) is 0 Å². The van der Waals surface area contributed by atoms with Crippen LogP contribution >= 0.6 is 0 Å². The molecule has 1 aromatic carbocycles. The highest BCUT2D eigenvalue weighted by molar-refractivity contribution is 5.96. The van der Waals surface area contributed by atoms with Crippen molar-refractivity contribution in [2.45, 2.75) is 26.3 Å². The average Bonchev–Trinajstić information content (AvgIpc) is 3.13. The standard InChI is InChI=1S/C21H28N4O3/c1-16-12-19(28-22-16)14-23-8-10-24(11-9-23)15-21(26)25-7-3-4-17-13-18(27-2)5-6-20(17)25/h5-6,12-13H,3-4,7-11,14-15H2,1-2H3. The van der Waals surface area contributed by atoms with Crippen LogP contribution in [0.3, 0.4) is 0 Å². The monoisotopic (exact) mass is 384 g/mol. The van der Waals surface area contributed by atoms with Crippen LogP contribution in [0.5, 0.6) is 5.75 Å². The molecule has 0 saturated carbocycles. The van der Waals surface area contributed by atoms with E-state index in [1.165, 1.54) is 5.56 Å². The molecule has 1 amide bonds. The molecule has 0 spiro atoms. The van der Waals surface area contributed by atoms with Gasteiger partial charge >= 0.3 is 0 Å². The van der Waals surface area contributed by atoms with E-state index in [1.54, 1.807) is 7.11 Å². The first-order valence-corrected chi connectivity index (χ1v) is 9.96. The normalized spacial score (nSPS) is 18.1. The lowest BCUT2D eigenvalue weighted by Gasteiger charge is -2.36. The number of anilines is 1. The van der Waals surface area contributed by atoms with E-state index in [0.29, 0.717) is 6.54 Å². The van der Waals surface area contributed by atoms with Crippen LogP contribution in [-0.4, -0.2) is 67.2 Å². The number of benzene rings is 1. The number of hydrogen-bond donors (Lipinski definition) is 0. The summed E-state index contributed by atoms with van der Waals surface area (Å²) in [6.45, 7) is 7.63. The van der Waals surface area contributed by atoms with E-state index in [0.717, 1.165) is 75.0 Å². The van der Waals surface area contributed by atoms with Gasteiger partial charge in [-0.05, 0) is 43.5 Å². The minimum absolute atomic E-state index is 0.186. The molecule has 7 nitrogen and oxygen atoms in total. The van der Waals surface area contributed by atoms with Crippen molar-refractivity contribution in [2.24, 2.45) is 0 Å². The number of carbonyl (C=O) groups is 1. The van der Waals surface area contributed by atoms with Crippen molar-refractivity contribution in [3.63, 3.8) is 0 Å². The Bertz CT molecular complexity index is 827. The van der Waals surface area contributed by atoms with Gasteiger partial charge < -0.3 is 14.2 Å². The molecule has 3 heterocycles. The van der Waals surface area contributed by atoms with Gasteiger partial charge in [-0.1, -0.05) is 5.16 Å². The van der Waals surface area contributed by atoms with Crippen molar-refractivity contribution >= 4 is 11.6 Å². The highest BCUT2D eigenvalue weighted by Crippen LogP contribution is 2.30. The molecule has 0 atom stereocenters. The number of hydrogen-bond acceptors (Lipinski definition) is 6. The van der Waals surface area contributed by atoms with E-state index < -0.39 is 0 Å². The lowest BCUT2D eigenvalue weighted by molar-refractivity contribution is -0.120. The molecule has 0 bridgehead atoms. The zero-order valence-electron chi connectivity index (χ0n) is 16.7. The van der Waals surface area contributed by atoms with Gasteiger partial charge in [0.05, 0.1) is 25.9 Å². The van der Waals surface area contributed by atoms with Crippen LogP contribution in [0.1, 0.15) is 23.4 Å². The average molecular weight is 384 g/mol. The zero-order valence-corrected chi connectivity index (χ0v) is 16.7. The molecule has 7 heteroatoms. The highest BCUT2D eigenvalue weighted by atomic mass is 16.5. The molecule has 0 N–H and O–H groups in total. The highest BCUT2D eigenvalue weighted by Gasteiger charge is 2.26. The van der Waals surface area contributed by atoms with E-state index >= 15 is 0 Å². The maximum Gasteiger partial charge on any atom is 0.241 e. The van der Waals surface area contributed by atoms with Crippen molar-refractivity contribution in [1.82, 2.24) is 15.0 Å². The Balaban J connectivity index is 1.32. The first kappa shape index (κ1) is 19.0. The predicted octanol–water partition coefficient (Wildman–Crippen LogP) is 2.09. The molecular weight excluding hydrogens is 356 g/mol. The Morgan fingerprint density at radius 2 is 1.93 bits per heavy atom. The topological polar surface area (TPSA) is 62.1 Å². The molecule has 2 aliphatic heterocycles. The first-order chi connectivity index (χ1) is 13.6. The third-order valence-electron chi connectivity index (χ3n) is 5.59. The molecule has 4 rings (SSSR count). The molecule has 2 aliphatic rings. The van der Waals surface area contributed by atoms with Crippen molar-refractivity contribution in [2.75, 3.05) is 51.3 Å². The Kier molecular flexibility index (Phi) is 5.64. The molecular formula is C21H28N4O3. The van der Waals surface area contributed by atoms with Gasteiger partial charge in [0.25, 0.3) is 0 Å². The van der Waals surface area contributed by atoms with E-state index in [-0.39, 0.29) is 5.91 Å². The molecule has 1 aromatic heterocycles. The van der Waals surface area contributed by atoms with E-state index in [9.17, 15) is 4.79 Å². The Morgan fingerprint density at radius 3 is 2.64 bits per heavy atom. The summed E-state index contributed by atoms with van der Waals surface area (Å²) in [5, 5.41) is 3.95. The van der Waals surface area contributed by atoms with Gasteiger partial charge in [0.1, 0.15) is 5.75 Å². The minimum atomic E-state index is 0.186. The molecule has 0 unspecified atom stereocenters. The number of ether oxygens (including phenoxy) is 1. The van der Waals surface area contributed by atoms with Gasteiger partial charge in [-0.3, -0.25) is 14.6 Å². The number of fused-ring (bicyclic) bond motifs is 1. The summed E-state index contributed by atoms with van der Waals surface area (Å²) < 4.78 is 10.6. The Hall–Kier alpha value is -2.38. The number of rotatable bonds is 5. The number of aromatic nitrogens is 1. The Morgan fingerprint density at radius 1 is 1.14 bits per heavy atom. The van der Waals surface area contributed by atoms with E-state index in [1.807, 2.05) is 30.0 Å². The summed E-state index contributed by atoms with van der Waals surface area (Å²) in [4.78, 5) is 19.5. The summed E-state index contributed by atoms with van der Waals surface area (Å²) in [6, 6.07) is 7.99. The van der Waals surface area contributed by atoms with Crippen LogP contribution in [0.4, 0.5) is 5.69 Å². The van der Waals surface area contributed by atoms with Crippen molar-refractivity contribution < 1.29 is 14.1 Å². The van der Waals surface area contributed by atoms with E-state index in [2.05, 4.69) is 21.0 Å². The maximum absolute atomic E-state index is 13.0. The molecule has 1 fully saturated rings. The van der Waals surface area contributed by atoms with Crippen LogP contribution in [0, 0.1) is 6.92 Å². The lowest BCUT2D eigenvalue weighted by Crippen LogP contribution is -2.50. The molecule has 150 valence electrons. The maximum atomic E-state index is 13.0. The number of carbonyl (C=O) groups excluding carboxylic acids is 1. The first-order valence-electron chi connectivity index (χ1n) is 9.96. The molecule has 2 aromatic rings. The summed E-state index contributed by atoms with van der Waals surface area (Å²) in [7, 11) is 1.68. The second-order valence-electron chi connectivity index (χ2n) is 7.63. The number of piperazine rings is 1. The van der Waals surface area contributed by atoms with Gasteiger partial charge in [-0.15, -0.1) is 0 Å². The van der Waals surface area contributed by atoms with Crippen LogP contribution in [0.15, 0.2) is 28.8 Å². The second-order valence-corrected chi connectivity index (χ2v) is 7.63. The summed E-state index contributed by atoms with van der Waals surface area (Å²) in [5.41, 5.74) is 3.15. The lowest BCUT2D eigenvalue weighted by atomic mass is 10.0. The number of nitrogens with zero attached hydrogens (tertiary/aromatic N) is 4. The number of aryl methyl sites for hydroxylation is 2. The summed E-state index contributed by atoms with van der Waals surface area (Å²) in [5.74, 6) is 1.94. The summed E-state index contributed by atoms with van der Waals surface area (Å²) in [6.07, 6.45) is 1.99. The molecule has 0 radical (unpaired) electrons. The van der Waals surface area contributed by atoms with E-state index in [4.69, 9.17) is 9.26 Å². The molecule has 28 heavy (non-hydrogen) atoms. The van der Waals surface area contributed by atoms with Crippen LogP contribution in [0.2, 0.25) is 0 Å². The van der Waals surface area contributed by atoms with Gasteiger partial charge in [0.2, 0.25) is 5.91 Å². The fourth-order valence-electron chi connectivity index (χ4n) is 4.05. The third-order valence-corrected chi connectivity index (χ3v) is 5.59. The largest absolute Gasteiger partial charge is 0.497 e. The molecule has 1 saturated heterocycles. The number of amides is 1. The smallest absolute Gasteiger partial charge is 0.241 e. The quantitative estimate of drug-likeness (QED) is 0.787. The second kappa shape index (κ2) is 8.32. The van der Waals surface area contributed by atoms with Gasteiger partial charge in [0, 0.05) is 44.5 Å². The summed E-state index contributed by atoms with van der Waals surface area (Å²) >= 11 is 0. The number of methoxy groups -OCH3 is 1. The van der Waals surface area contributed by atoms with Gasteiger partial charge in [-0.25, -0.2) is 0 Å². The van der Waals surface area contributed by atoms with Crippen molar-refractivity contribution in [3.8, 4) is 5.75 Å². The SMILES string of the molecule is COc1ccc2c(c1)CCCN2C(=O)CN1CCN(Cc2cc(C)no2)CC1. The zero-order chi connectivity index (χ0) is 19.5. The predicted molar refractivity (Wildman–Crippen MR) is 107 cm³/mol. The van der Waals surface area contributed by atoms with Gasteiger partial charge in [0.15, 0.2) is 5.76 Å². The Labute approximate surface area is 165 Å². The molecule has 0 aliphatic carbocycles. The van der Waals surface area contributed by atoms with Crippen molar-refractivity contribution in [1.29, 1.82) is 0 Å². The van der Waals surface area contributed by atoms with Crippen LogP contribution in [-0.2, 0) is 17.8 Å².